The molecule has 6 aromatic carbocycles. The summed E-state index contributed by atoms with van der Waals surface area (Å²) in [6.07, 6.45) is 0. The van der Waals surface area contributed by atoms with Gasteiger partial charge in [-0.05, 0) is 99.3 Å². The van der Waals surface area contributed by atoms with Crippen LogP contribution in [0.25, 0.3) is 55.6 Å². The Hall–Kier alpha value is -4.77. The van der Waals surface area contributed by atoms with Crippen molar-refractivity contribution in [3.63, 3.8) is 0 Å². The second-order valence-electron chi connectivity index (χ2n) is 10.6. The Morgan fingerprint density at radius 2 is 0.738 bits per heavy atom. The van der Waals surface area contributed by atoms with Crippen LogP contribution in [0.5, 0.6) is 0 Å². The lowest BCUT2D eigenvalue weighted by molar-refractivity contribution is 0.482. The number of aryl methyl sites for hydroxylation is 2. The Balaban J connectivity index is 1.28. The highest BCUT2D eigenvalue weighted by Crippen LogP contribution is 2.33. The first-order valence-corrected chi connectivity index (χ1v) is 15.3. The Kier molecular flexibility index (Phi) is 7.34. The third-order valence-electron chi connectivity index (χ3n) is 7.62. The summed E-state index contributed by atoms with van der Waals surface area (Å²) in [4.78, 5) is -0.0715. The highest BCUT2D eigenvalue weighted by molar-refractivity contribution is 7.85. The van der Waals surface area contributed by atoms with E-state index in [-0.39, 0.29) is 4.90 Å². The van der Waals surface area contributed by atoms with Crippen LogP contribution < -0.4 is 0 Å². The Bertz CT molecular complexity index is 2020. The van der Waals surface area contributed by atoms with Crippen LogP contribution in [0, 0.1) is 13.8 Å². The molecule has 206 valence electrons. The highest BCUT2D eigenvalue weighted by atomic mass is 32.2. The molecule has 0 atom stereocenters. The van der Waals surface area contributed by atoms with Gasteiger partial charge in [-0.1, -0.05) is 121 Å². The predicted octanol–water partition coefficient (Wildman–Crippen LogP) is 9.89. The summed E-state index contributed by atoms with van der Waals surface area (Å²) in [5.74, 6) is 0. The maximum absolute atomic E-state index is 11.8. The minimum Gasteiger partial charge on any atom is -0.282 e. The molecule has 0 fully saturated rings. The van der Waals surface area contributed by atoms with Crippen molar-refractivity contribution >= 4 is 10.1 Å². The normalized spacial score (nSPS) is 11.4. The number of hydrogen-bond acceptors (Lipinski definition) is 2. The van der Waals surface area contributed by atoms with Crippen LogP contribution in [0.15, 0.2) is 144 Å². The first-order chi connectivity index (χ1) is 20.2. The second-order valence-corrected chi connectivity index (χ2v) is 12.0. The lowest BCUT2D eigenvalue weighted by Gasteiger charge is -2.11. The van der Waals surface area contributed by atoms with Crippen molar-refractivity contribution < 1.29 is 13.0 Å². The van der Waals surface area contributed by atoms with Crippen LogP contribution in [0.4, 0.5) is 0 Å². The van der Waals surface area contributed by atoms with Gasteiger partial charge in [0.1, 0.15) is 0 Å². The zero-order chi connectivity index (χ0) is 29.3. The van der Waals surface area contributed by atoms with Gasteiger partial charge in [-0.25, -0.2) is 0 Å². The molecule has 4 heteroatoms. The van der Waals surface area contributed by atoms with Crippen LogP contribution in [-0.4, -0.2) is 13.0 Å². The molecular weight excluding hydrogens is 536 g/mol. The molecule has 0 saturated heterocycles. The van der Waals surface area contributed by atoms with Crippen LogP contribution in [0.1, 0.15) is 11.1 Å². The molecule has 0 aliphatic heterocycles. The first-order valence-electron chi connectivity index (χ1n) is 13.8. The van der Waals surface area contributed by atoms with Crippen molar-refractivity contribution in [1.29, 1.82) is 0 Å². The zero-order valence-electron chi connectivity index (χ0n) is 23.5. The zero-order valence-corrected chi connectivity index (χ0v) is 24.3. The van der Waals surface area contributed by atoms with Crippen molar-refractivity contribution in [3.8, 4) is 55.6 Å². The molecule has 3 nitrogen and oxygen atoms in total. The molecule has 0 saturated carbocycles. The summed E-state index contributed by atoms with van der Waals surface area (Å²) in [5.41, 5.74) is 12.5. The molecule has 1 N–H and O–H groups in total. The third-order valence-corrected chi connectivity index (χ3v) is 8.62. The molecular formula is C38H30O3S. The van der Waals surface area contributed by atoms with Crippen molar-refractivity contribution in [2.45, 2.75) is 18.7 Å². The molecule has 0 radical (unpaired) electrons. The van der Waals surface area contributed by atoms with E-state index < -0.39 is 10.1 Å². The summed E-state index contributed by atoms with van der Waals surface area (Å²) < 4.78 is 33.3. The van der Waals surface area contributed by atoms with Crippen molar-refractivity contribution in [3.05, 3.63) is 151 Å². The van der Waals surface area contributed by atoms with Gasteiger partial charge in [-0.2, -0.15) is 8.42 Å². The molecule has 0 amide bonds. The van der Waals surface area contributed by atoms with Gasteiger partial charge in [-0.15, -0.1) is 0 Å². The van der Waals surface area contributed by atoms with Gasteiger partial charge >= 0.3 is 0 Å². The van der Waals surface area contributed by atoms with Crippen LogP contribution in [0.3, 0.4) is 0 Å². The van der Waals surface area contributed by atoms with E-state index in [0.29, 0.717) is 5.56 Å². The maximum Gasteiger partial charge on any atom is 0.294 e. The molecule has 0 aliphatic carbocycles. The van der Waals surface area contributed by atoms with Crippen LogP contribution >= 0.6 is 0 Å². The molecule has 0 unspecified atom stereocenters. The van der Waals surface area contributed by atoms with Gasteiger partial charge in [0.05, 0.1) is 4.90 Å². The monoisotopic (exact) mass is 566 g/mol. The number of hydrogen-bond donors (Lipinski definition) is 1. The Morgan fingerprint density at radius 1 is 0.405 bits per heavy atom. The van der Waals surface area contributed by atoms with E-state index in [2.05, 4.69) is 104 Å². The third kappa shape index (κ3) is 5.82. The summed E-state index contributed by atoms with van der Waals surface area (Å²) in [5, 5.41) is 0. The van der Waals surface area contributed by atoms with E-state index >= 15 is 0 Å². The number of rotatable bonds is 6. The van der Waals surface area contributed by atoms with Gasteiger partial charge in [-0.3, -0.25) is 4.55 Å². The van der Waals surface area contributed by atoms with E-state index in [1.165, 1.54) is 33.9 Å². The predicted molar refractivity (Wildman–Crippen MR) is 173 cm³/mol. The van der Waals surface area contributed by atoms with Crippen molar-refractivity contribution in [1.82, 2.24) is 0 Å². The lowest BCUT2D eigenvalue weighted by Crippen LogP contribution is -2.01. The van der Waals surface area contributed by atoms with Crippen LogP contribution in [0.2, 0.25) is 0 Å². The Morgan fingerprint density at radius 3 is 1.14 bits per heavy atom. The smallest absolute Gasteiger partial charge is 0.282 e. The topological polar surface area (TPSA) is 54.4 Å². The summed E-state index contributed by atoms with van der Waals surface area (Å²) >= 11 is 0. The van der Waals surface area contributed by atoms with Crippen molar-refractivity contribution in [2.24, 2.45) is 0 Å². The van der Waals surface area contributed by atoms with E-state index in [1.54, 1.807) is 13.0 Å². The molecule has 6 aromatic rings. The van der Waals surface area contributed by atoms with E-state index in [4.69, 9.17) is 0 Å². The fourth-order valence-corrected chi connectivity index (χ4v) is 6.12. The highest BCUT2D eigenvalue weighted by Gasteiger charge is 2.14. The van der Waals surface area contributed by atoms with E-state index in [1.807, 2.05) is 30.3 Å². The fourth-order valence-electron chi connectivity index (χ4n) is 5.37. The van der Waals surface area contributed by atoms with Gasteiger partial charge in [0.15, 0.2) is 0 Å². The average molecular weight is 567 g/mol. The minimum absolute atomic E-state index is 0.0715. The van der Waals surface area contributed by atoms with Gasteiger partial charge in [0, 0.05) is 0 Å². The second kappa shape index (κ2) is 11.2. The first kappa shape index (κ1) is 27.4. The molecule has 42 heavy (non-hydrogen) atoms. The standard InChI is InChI=1S/C38H30O3S/c1-26-7-3-8-30(21-26)33-11-4-9-31(22-33)28-17-19-29(20-18-28)32-10-5-12-34(23-32)35-13-6-14-36(24-35)37-16-15-27(2)38(25-37)42(39,40)41/h3-25H,1-2H3,(H,39,40,41). The SMILES string of the molecule is Cc1cccc(-c2cccc(-c3ccc(-c4cccc(-c5cccc(-c6ccc(C)c(S(=O)(=O)O)c6)c5)c4)cc3)c2)c1. The quantitative estimate of drug-likeness (QED) is 0.204. The van der Waals surface area contributed by atoms with E-state index in [9.17, 15) is 13.0 Å². The van der Waals surface area contributed by atoms with E-state index in [0.717, 1.165) is 33.4 Å². The molecule has 0 spiro atoms. The average Bonchev–Trinajstić information content (AvgIpc) is 3.01. The molecule has 6 rings (SSSR count). The van der Waals surface area contributed by atoms with Crippen LogP contribution in [-0.2, 0) is 10.1 Å². The largest absolute Gasteiger partial charge is 0.294 e. The number of benzene rings is 6. The molecule has 0 heterocycles. The van der Waals surface area contributed by atoms with Crippen molar-refractivity contribution in [2.75, 3.05) is 0 Å². The maximum atomic E-state index is 11.8. The summed E-state index contributed by atoms with van der Waals surface area (Å²) in [7, 11) is -4.30. The van der Waals surface area contributed by atoms with Gasteiger partial charge in [0.25, 0.3) is 10.1 Å². The lowest BCUT2D eigenvalue weighted by atomic mass is 9.94. The molecule has 0 bridgehead atoms. The summed E-state index contributed by atoms with van der Waals surface area (Å²) in [6, 6.07) is 47.4. The molecule has 0 aliphatic rings. The minimum atomic E-state index is -4.30. The Labute approximate surface area is 247 Å². The van der Waals surface area contributed by atoms with Gasteiger partial charge in [0.2, 0.25) is 0 Å². The molecule has 0 aromatic heterocycles. The van der Waals surface area contributed by atoms with Gasteiger partial charge < -0.3 is 0 Å². The summed E-state index contributed by atoms with van der Waals surface area (Å²) in [6.45, 7) is 3.79. The fraction of sp³-hybridized carbons (Fsp3) is 0.0526.